The van der Waals surface area contributed by atoms with Crippen LogP contribution in [0, 0.1) is 13.8 Å². The molecule has 1 heteroatoms. The molecule has 2 aromatic rings. The maximum Gasteiger partial charge on any atom is 0.0273 e. The van der Waals surface area contributed by atoms with E-state index in [-0.39, 0.29) is 0 Å². The van der Waals surface area contributed by atoms with Gasteiger partial charge in [0, 0.05) is 12.4 Å². The molecule has 0 aliphatic rings. The van der Waals surface area contributed by atoms with Crippen molar-refractivity contribution in [1.29, 1.82) is 0 Å². The van der Waals surface area contributed by atoms with Crippen LogP contribution in [0.3, 0.4) is 0 Å². The molecule has 0 amide bonds. The van der Waals surface area contributed by atoms with Crippen LogP contribution in [0.15, 0.2) is 42.7 Å². The first kappa shape index (κ1) is 10.6. The Hall–Kier alpha value is -1.89. The lowest BCUT2D eigenvalue weighted by Crippen LogP contribution is -1.84. The molecule has 1 heterocycles. The van der Waals surface area contributed by atoms with Gasteiger partial charge in [-0.15, -0.1) is 0 Å². The fourth-order valence-electron chi connectivity index (χ4n) is 1.74. The van der Waals surface area contributed by atoms with E-state index in [0.29, 0.717) is 0 Å². The minimum absolute atomic E-state index is 1.18. The van der Waals surface area contributed by atoms with E-state index >= 15 is 0 Å². The van der Waals surface area contributed by atoms with Gasteiger partial charge in [0.15, 0.2) is 0 Å². The van der Waals surface area contributed by atoms with Crippen molar-refractivity contribution in [1.82, 2.24) is 4.98 Å². The number of hydrogen-bond donors (Lipinski definition) is 0. The average molecular weight is 209 g/mol. The maximum absolute atomic E-state index is 4.00. The van der Waals surface area contributed by atoms with Crippen LogP contribution in [0.25, 0.3) is 12.2 Å². The molecule has 1 aromatic heterocycles. The van der Waals surface area contributed by atoms with Gasteiger partial charge in [0.25, 0.3) is 0 Å². The Morgan fingerprint density at radius 1 is 0.875 bits per heavy atom. The third-order valence-electron chi connectivity index (χ3n) is 2.69. The summed E-state index contributed by atoms with van der Waals surface area (Å²) in [5.41, 5.74) is 5.10. The molecular weight excluding hydrogens is 194 g/mol. The van der Waals surface area contributed by atoms with Gasteiger partial charge in [-0.25, -0.2) is 0 Å². The quantitative estimate of drug-likeness (QED) is 0.731. The smallest absolute Gasteiger partial charge is 0.0273 e. The highest BCUT2D eigenvalue weighted by Crippen LogP contribution is 2.16. The largest absolute Gasteiger partial charge is 0.265 e. The molecular formula is C15H15N. The van der Waals surface area contributed by atoms with Gasteiger partial charge in [-0.3, -0.25) is 4.98 Å². The average Bonchev–Trinajstić information content (AvgIpc) is 2.30. The molecule has 1 aromatic carbocycles. The molecule has 1 nitrogen and oxygen atoms in total. The second-order valence-electron chi connectivity index (χ2n) is 3.92. The third-order valence-corrected chi connectivity index (χ3v) is 2.69. The van der Waals surface area contributed by atoms with E-state index in [1.54, 1.807) is 0 Å². The Balaban J connectivity index is 2.31. The summed E-state index contributed by atoms with van der Waals surface area (Å²) in [6, 6.07) is 10.4. The molecule has 0 aliphatic heterocycles. The number of aryl methyl sites for hydroxylation is 2. The molecule has 0 unspecified atom stereocenters. The number of nitrogens with zero attached hydrogens (tertiary/aromatic N) is 1. The molecule has 16 heavy (non-hydrogen) atoms. The predicted molar refractivity (Wildman–Crippen MR) is 69.1 cm³/mol. The van der Waals surface area contributed by atoms with Gasteiger partial charge in [0.05, 0.1) is 0 Å². The topological polar surface area (TPSA) is 12.9 Å². The Morgan fingerprint density at radius 3 is 2.12 bits per heavy atom. The van der Waals surface area contributed by atoms with Crippen molar-refractivity contribution < 1.29 is 0 Å². The van der Waals surface area contributed by atoms with Crippen LogP contribution >= 0.6 is 0 Å². The lowest BCUT2D eigenvalue weighted by molar-refractivity contribution is 1.32. The van der Waals surface area contributed by atoms with Crippen LogP contribution in [0.1, 0.15) is 22.3 Å². The number of rotatable bonds is 2. The van der Waals surface area contributed by atoms with Crippen LogP contribution < -0.4 is 0 Å². The molecule has 0 saturated carbocycles. The molecule has 0 fully saturated rings. The number of pyridine rings is 1. The lowest BCUT2D eigenvalue weighted by Gasteiger charge is -2.04. The summed E-state index contributed by atoms with van der Waals surface area (Å²) in [5.74, 6) is 0. The van der Waals surface area contributed by atoms with E-state index in [9.17, 15) is 0 Å². The number of aromatic nitrogens is 1. The van der Waals surface area contributed by atoms with Crippen molar-refractivity contribution in [2.24, 2.45) is 0 Å². The Bertz CT molecular complexity index is 478. The summed E-state index contributed by atoms with van der Waals surface area (Å²) in [4.78, 5) is 4.00. The first-order valence-electron chi connectivity index (χ1n) is 5.42. The molecule has 0 radical (unpaired) electrons. The summed E-state index contributed by atoms with van der Waals surface area (Å²) in [5, 5.41) is 0. The number of benzene rings is 1. The monoisotopic (exact) mass is 209 g/mol. The van der Waals surface area contributed by atoms with Gasteiger partial charge in [0.2, 0.25) is 0 Å². The molecule has 0 N–H and O–H groups in total. The fraction of sp³-hybridized carbons (Fsp3) is 0.133. The zero-order valence-electron chi connectivity index (χ0n) is 9.64. The highest BCUT2D eigenvalue weighted by atomic mass is 14.6. The zero-order chi connectivity index (χ0) is 11.4. The summed E-state index contributed by atoms with van der Waals surface area (Å²) < 4.78 is 0. The Labute approximate surface area is 96.5 Å². The van der Waals surface area contributed by atoms with Gasteiger partial charge < -0.3 is 0 Å². The lowest BCUT2D eigenvalue weighted by atomic mass is 10.0. The van der Waals surface area contributed by atoms with Crippen molar-refractivity contribution in [2.75, 3.05) is 0 Å². The van der Waals surface area contributed by atoms with E-state index in [2.05, 4.69) is 49.2 Å². The molecule has 0 bridgehead atoms. The molecule has 80 valence electrons. The summed E-state index contributed by atoms with van der Waals surface area (Å²) in [6.45, 7) is 4.28. The summed E-state index contributed by atoms with van der Waals surface area (Å²) in [6.07, 6.45) is 7.91. The van der Waals surface area contributed by atoms with Gasteiger partial charge >= 0.3 is 0 Å². The van der Waals surface area contributed by atoms with E-state index in [1.165, 1.54) is 22.3 Å². The van der Waals surface area contributed by atoms with Crippen LogP contribution in [0.5, 0.6) is 0 Å². The van der Waals surface area contributed by atoms with Crippen LogP contribution in [0.2, 0.25) is 0 Å². The van der Waals surface area contributed by atoms with Gasteiger partial charge in [-0.2, -0.15) is 0 Å². The normalized spacial score (nSPS) is 10.9. The second kappa shape index (κ2) is 4.75. The van der Waals surface area contributed by atoms with Gasteiger partial charge in [0.1, 0.15) is 0 Å². The third kappa shape index (κ3) is 2.37. The minimum atomic E-state index is 1.18. The Kier molecular flexibility index (Phi) is 3.16. The zero-order valence-corrected chi connectivity index (χ0v) is 9.64. The molecule has 0 aliphatic carbocycles. The Morgan fingerprint density at radius 2 is 1.50 bits per heavy atom. The van der Waals surface area contributed by atoms with Crippen molar-refractivity contribution in [3.63, 3.8) is 0 Å². The highest BCUT2D eigenvalue weighted by molar-refractivity contribution is 5.72. The van der Waals surface area contributed by atoms with Crippen LogP contribution in [-0.4, -0.2) is 4.98 Å². The number of hydrogen-bond acceptors (Lipinski definition) is 1. The molecule has 2 rings (SSSR count). The highest BCUT2D eigenvalue weighted by Gasteiger charge is 1.96. The minimum Gasteiger partial charge on any atom is -0.265 e. The maximum atomic E-state index is 4.00. The summed E-state index contributed by atoms with van der Waals surface area (Å²) in [7, 11) is 0. The second-order valence-corrected chi connectivity index (χ2v) is 3.92. The van der Waals surface area contributed by atoms with E-state index in [0.717, 1.165) is 0 Å². The first-order chi connectivity index (χ1) is 7.77. The fourth-order valence-corrected chi connectivity index (χ4v) is 1.74. The SMILES string of the molecule is Cc1cccc(C)c1/C=C\c1ccncc1. The van der Waals surface area contributed by atoms with Gasteiger partial charge in [-0.05, 0) is 48.2 Å². The van der Waals surface area contributed by atoms with Crippen molar-refractivity contribution in [3.05, 3.63) is 65.0 Å². The van der Waals surface area contributed by atoms with Crippen molar-refractivity contribution in [3.8, 4) is 0 Å². The summed E-state index contributed by atoms with van der Waals surface area (Å²) >= 11 is 0. The standard InChI is InChI=1S/C15H15N/c1-12-4-3-5-13(2)15(12)7-6-14-8-10-16-11-9-14/h3-11H,1-2H3/b7-6-. The van der Waals surface area contributed by atoms with E-state index in [4.69, 9.17) is 0 Å². The van der Waals surface area contributed by atoms with Crippen LogP contribution in [-0.2, 0) is 0 Å². The first-order valence-corrected chi connectivity index (χ1v) is 5.42. The van der Waals surface area contributed by atoms with Crippen molar-refractivity contribution in [2.45, 2.75) is 13.8 Å². The molecule has 0 saturated heterocycles. The van der Waals surface area contributed by atoms with Crippen molar-refractivity contribution >= 4 is 12.2 Å². The van der Waals surface area contributed by atoms with Crippen LogP contribution in [0.4, 0.5) is 0 Å². The predicted octanol–water partition coefficient (Wildman–Crippen LogP) is 3.87. The van der Waals surface area contributed by atoms with Gasteiger partial charge in [-0.1, -0.05) is 30.4 Å². The van der Waals surface area contributed by atoms with E-state index in [1.807, 2.05) is 24.5 Å². The molecule has 0 atom stereocenters. The van der Waals surface area contributed by atoms with E-state index < -0.39 is 0 Å². The molecule has 0 spiro atoms.